The van der Waals surface area contributed by atoms with Gasteiger partial charge in [-0.25, -0.2) is 0 Å². The number of likely N-dealkylation sites (N-methyl/N-ethyl adjacent to an activating group) is 1. The van der Waals surface area contributed by atoms with Crippen molar-refractivity contribution in [3.05, 3.63) is 0 Å². The molecule has 0 amide bonds. The molecule has 0 aliphatic carbocycles. The SMILES string of the molecule is CCC(N)CCCC(C(=O)O)C(=O)O.C[N+](C)(C)CCO. The lowest BCUT2D eigenvalue weighted by Gasteiger charge is -2.21. The van der Waals surface area contributed by atoms with Crippen LogP contribution in [0.1, 0.15) is 32.6 Å². The Morgan fingerprint density at radius 3 is 1.81 bits per heavy atom. The first-order valence-corrected chi connectivity index (χ1v) is 7.17. The van der Waals surface area contributed by atoms with Gasteiger partial charge in [-0.15, -0.1) is 0 Å². The molecule has 0 fully saturated rings. The summed E-state index contributed by atoms with van der Waals surface area (Å²) in [6.07, 6.45) is 2.19. The predicted molar refractivity (Wildman–Crippen MR) is 80.9 cm³/mol. The summed E-state index contributed by atoms with van der Waals surface area (Å²) in [5.41, 5.74) is 5.62. The van der Waals surface area contributed by atoms with E-state index in [1.165, 1.54) is 0 Å². The van der Waals surface area contributed by atoms with Gasteiger partial charge >= 0.3 is 11.9 Å². The molecule has 5 N–H and O–H groups in total. The van der Waals surface area contributed by atoms with Crippen LogP contribution >= 0.6 is 0 Å². The van der Waals surface area contributed by atoms with Gasteiger partial charge in [-0.2, -0.15) is 0 Å². The third-order valence-corrected chi connectivity index (χ3v) is 2.96. The van der Waals surface area contributed by atoms with Gasteiger partial charge in [0.15, 0.2) is 5.92 Å². The molecule has 0 spiro atoms. The topological polar surface area (TPSA) is 121 Å². The van der Waals surface area contributed by atoms with E-state index >= 15 is 0 Å². The van der Waals surface area contributed by atoms with E-state index in [9.17, 15) is 9.59 Å². The minimum Gasteiger partial charge on any atom is -0.481 e. The highest BCUT2D eigenvalue weighted by Crippen LogP contribution is 2.11. The number of hydrogen-bond donors (Lipinski definition) is 4. The number of nitrogens with two attached hydrogens (primary N) is 1. The minimum atomic E-state index is -1.29. The maximum atomic E-state index is 10.5. The molecule has 0 aromatic rings. The van der Waals surface area contributed by atoms with Crippen LogP contribution in [0, 0.1) is 5.92 Å². The number of hydrogen-bond acceptors (Lipinski definition) is 4. The number of aliphatic carboxylic acids is 2. The Morgan fingerprint density at radius 1 is 1.10 bits per heavy atom. The van der Waals surface area contributed by atoms with Crippen molar-refractivity contribution in [1.82, 2.24) is 0 Å². The average molecular weight is 307 g/mol. The van der Waals surface area contributed by atoms with E-state index in [1.54, 1.807) is 0 Å². The van der Waals surface area contributed by atoms with Gasteiger partial charge in [0.05, 0.1) is 27.7 Å². The van der Waals surface area contributed by atoms with Gasteiger partial charge in [-0.05, 0) is 19.3 Å². The van der Waals surface area contributed by atoms with Gasteiger partial charge in [0.2, 0.25) is 0 Å². The van der Waals surface area contributed by atoms with Gasteiger partial charge in [0.25, 0.3) is 0 Å². The molecule has 0 rings (SSSR count). The van der Waals surface area contributed by atoms with Crippen molar-refractivity contribution in [3.8, 4) is 0 Å². The number of quaternary nitrogens is 1. The van der Waals surface area contributed by atoms with Crippen molar-refractivity contribution >= 4 is 11.9 Å². The fourth-order valence-corrected chi connectivity index (χ4v) is 1.44. The lowest BCUT2D eigenvalue weighted by atomic mass is 9.99. The van der Waals surface area contributed by atoms with E-state index in [2.05, 4.69) is 21.1 Å². The van der Waals surface area contributed by atoms with E-state index < -0.39 is 17.9 Å². The third-order valence-electron chi connectivity index (χ3n) is 2.96. The summed E-state index contributed by atoms with van der Waals surface area (Å²) < 4.78 is 0.844. The minimum absolute atomic E-state index is 0.0400. The van der Waals surface area contributed by atoms with Crippen molar-refractivity contribution < 1.29 is 29.4 Å². The van der Waals surface area contributed by atoms with E-state index in [0.29, 0.717) is 12.8 Å². The molecular formula is C14H31N2O5+. The van der Waals surface area contributed by atoms with Crippen LogP contribution in [-0.4, -0.2) is 72.1 Å². The summed E-state index contributed by atoms with van der Waals surface area (Å²) in [5.74, 6) is -3.84. The molecule has 21 heavy (non-hydrogen) atoms. The zero-order chi connectivity index (χ0) is 17.1. The Bertz CT molecular complexity index is 288. The second-order valence-corrected chi connectivity index (χ2v) is 6.07. The lowest BCUT2D eigenvalue weighted by molar-refractivity contribution is -0.870. The fourth-order valence-electron chi connectivity index (χ4n) is 1.44. The van der Waals surface area contributed by atoms with E-state index in [-0.39, 0.29) is 19.1 Å². The first kappa shape index (κ1) is 22.1. The second-order valence-electron chi connectivity index (χ2n) is 6.07. The molecule has 0 bridgehead atoms. The van der Waals surface area contributed by atoms with Crippen LogP contribution in [0.4, 0.5) is 0 Å². The standard InChI is InChI=1S/C9H17NO4.C5H14NO/c1-2-6(10)4-3-5-7(8(11)12)9(13)14;1-6(2,3)4-5-7/h6-7H,2-5,10H2,1H3,(H,11,12)(H,13,14);7H,4-5H2,1-3H3/q;+1. The number of carbonyl (C=O) groups is 2. The van der Waals surface area contributed by atoms with E-state index in [4.69, 9.17) is 21.1 Å². The molecule has 7 nitrogen and oxygen atoms in total. The Balaban J connectivity index is 0. The molecule has 0 heterocycles. The Hall–Kier alpha value is -1.18. The molecule has 0 radical (unpaired) electrons. The van der Waals surface area contributed by atoms with Crippen LogP contribution in [-0.2, 0) is 9.59 Å². The number of rotatable bonds is 9. The van der Waals surface area contributed by atoms with Crippen molar-refractivity contribution in [2.24, 2.45) is 11.7 Å². The van der Waals surface area contributed by atoms with Gasteiger partial charge in [-0.1, -0.05) is 13.3 Å². The molecular weight excluding hydrogens is 276 g/mol. The van der Waals surface area contributed by atoms with Crippen molar-refractivity contribution in [3.63, 3.8) is 0 Å². The Labute approximate surface area is 127 Å². The number of carboxylic acids is 2. The maximum absolute atomic E-state index is 10.5. The van der Waals surface area contributed by atoms with Crippen LogP contribution in [0.15, 0.2) is 0 Å². The zero-order valence-electron chi connectivity index (χ0n) is 13.6. The van der Waals surface area contributed by atoms with Crippen molar-refractivity contribution in [1.29, 1.82) is 0 Å². The molecule has 0 aliphatic rings. The lowest BCUT2D eigenvalue weighted by Crippen LogP contribution is -2.36. The van der Waals surface area contributed by atoms with Crippen LogP contribution in [0.5, 0.6) is 0 Å². The number of aliphatic hydroxyl groups excluding tert-OH is 1. The maximum Gasteiger partial charge on any atom is 0.317 e. The summed E-state index contributed by atoms with van der Waals surface area (Å²) >= 11 is 0. The molecule has 7 heteroatoms. The molecule has 1 atom stereocenters. The molecule has 0 saturated heterocycles. The quantitative estimate of drug-likeness (QED) is 0.360. The predicted octanol–water partition coefficient (Wildman–Crippen LogP) is 0.364. The smallest absolute Gasteiger partial charge is 0.317 e. The zero-order valence-corrected chi connectivity index (χ0v) is 13.6. The molecule has 126 valence electrons. The number of aliphatic hydroxyl groups is 1. The van der Waals surface area contributed by atoms with Gasteiger partial charge in [-0.3, -0.25) is 9.59 Å². The highest BCUT2D eigenvalue weighted by atomic mass is 16.4. The van der Waals surface area contributed by atoms with E-state index in [0.717, 1.165) is 17.4 Å². The highest BCUT2D eigenvalue weighted by Gasteiger charge is 2.24. The largest absolute Gasteiger partial charge is 0.481 e. The van der Waals surface area contributed by atoms with E-state index in [1.807, 2.05) is 6.92 Å². The normalized spacial score (nSPS) is 12.5. The van der Waals surface area contributed by atoms with Gasteiger partial charge < -0.3 is 25.5 Å². The first-order chi connectivity index (χ1) is 9.55. The summed E-state index contributed by atoms with van der Waals surface area (Å²) in [4.78, 5) is 20.9. The molecule has 1 unspecified atom stereocenters. The molecule has 0 aromatic carbocycles. The van der Waals surface area contributed by atoms with Crippen molar-refractivity contribution in [2.45, 2.75) is 38.6 Å². The number of carboxylic acid groups (broad SMARTS) is 2. The van der Waals surface area contributed by atoms with Crippen molar-refractivity contribution in [2.75, 3.05) is 34.3 Å². The van der Waals surface area contributed by atoms with Crippen LogP contribution < -0.4 is 5.73 Å². The highest BCUT2D eigenvalue weighted by molar-refractivity contribution is 5.92. The fraction of sp³-hybridized carbons (Fsp3) is 0.857. The summed E-state index contributed by atoms with van der Waals surface area (Å²) in [5, 5.41) is 25.5. The second kappa shape index (κ2) is 11.5. The first-order valence-electron chi connectivity index (χ1n) is 7.17. The summed E-state index contributed by atoms with van der Waals surface area (Å²) in [6, 6.07) is 0.0400. The Morgan fingerprint density at radius 2 is 1.57 bits per heavy atom. The monoisotopic (exact) mass is 307 g/mol. The van der Waals surface area contributed by atoms with Gasteiger partial charge in [0.1, 0.15) is 6.54 Å². The van der Waals surface area contributed by atoms with Crippen LogP contribution in [0.3, 0.4) is 0 Å². The summed E-state index contributed by atoms with van der Waals surface area (Å²) in [7, 11) is 6.16. The molecule has 0 saturated carbocycles. The Kier molecular flexibility index (Phi) is 12.1. The van der Waals surface area contributed by atoms with Crippen LogP contribution in [0.2, 0.25) is 0 Å². The summed E-state index contributed by atoms with van der Waals surface area (Å²) in [6.45, 7) is 3.06. The average Bonchev–Trinajstić information content (AvgIpc) is 2.32. The van der Waals surface area contributed by atoms with Crippen LogP contribution in [0.25, 0.3) is 0 Å². The third kappa shape index (κ3) is 15.0. The number of nitrogens with zero attached hydrogens (tertiary/aromatic N) is 1. The molecule has 0 aromatic heterocycles. The van der Waals surface area contributed by atoms with Gasteiger partial charge in [0, 0.05) is 6.04 Å². The molecule has 0 aliphatic heterocycles.